The summed E-state index contributed by atoms with van der Waals surface area (Å²) in [5.41, 5.74) is 1.44. The maximum atomic E-state index is 13.8. The van der Waals surface area contributed by atoms with Crippen LogP contribution in [0.5, 0.6) is 0 Å². The highest BCUT2D eigenvalue weighted by molar-refractivity contribution is 6.36. The van der Waals surface area contributed by atoms with Crippen LogP contribution in [0.2, 0.25) is 10.0 Å². The Morgan fingerprint density at radius 1 is 1.05 bits per heavy atom. The van der Waals surface area contributed by atoms with Crippen molar-refractivity contribution in [2.75, 3.05) is 7.05 Å². The van der Waals surface area contributed by atoms with Crippen molar-refractivity contribution in [3.05, 3.63) is 69.5 Å². The number of nitrogens with one attached hydrogen (secondary N) is 1. The van der Waals surface area contributed by atoms with Crippen molar-refractivity contribution >= 4 is 23.2 Å². The smallest absolute Gasteiger partial charge is 0.127 e. The predicted molar refractivity (Wildman–Crippen MR) is 78.4 cm³/mol. The zero-order valence-electron chi connectivity index (χ0n) is 10.5. The molecule has 0 aliphatic carbocycles. The largest absolute Gasteiger partial charge is 0.313 e. The first-order chi connectivity index (χ1) is 9.13. The number of hydrogen-bond donors (Lipinski definition) is 1. The molecule has 4 heteroatoms. The molecule has 0 aliphatic heterocycles. The van der Waals surface area contributed by atoms with Crippen LogP contribution in [0.1, 0.15) is 17.2 Å². The van der Waals surface area contributed by atoms with E-state index in [2.05, 4.69) is 5.32 Å². The molecular weight excluding hydrogens is 284 g/mol. The fraction of sp³-hybridized carbons (Fsp3) is 0.200. The van der Waals surface area contributed by atoms with E-state index in [0.29, 0.717) is 22.0 Å². The van der Waals surface area contributed by atoms with Gasteiger partial charge in [0.1, 0.15) is 5.82 Å². The number of halogens is 3. The maximum absolute atomic E-state index is 13.8. The molecule has 0 bridgehead atoms. The van der Waals surface area contributed by atoms with E-state index in [4.69, 9.17) is 23.2 Å². The third-order valence-electron chi connectivity index (χ3n) is 3.10. The van der Waals surface area contributed by atoms with Gasteiger partial charge in [-0.25, -0.2) is 4.39 Å². The van der Waals surface area contributed by atoms with Gasteiger partial charge in [0, 0.05) is 21.7 Å². The molecule has 0 aromatic heterocycles. The van der Waals surface area contributed by atoms with E-state index < -0.39 is 0 Å². The summed E-state index contributed by atoms with van der Waals surface area (Å²) in [4.78, 5) is 0. The number of likely N-dealkylation sites (N-methyl/N-ethyl adjacent to an activating group) is 1. The highest BCUT2D eigenvalue weighted by Gasteiger charge is 2.17. The standard InChI is InChI=1S/C15H14Cl2FN/c1-19-15(10-5-2-3-8-14(10)18)9-11-12(16)6-4-7-13(11)17/h2-8,15,19H,9H2,1H3. The molecule has 2 aromatic rings. The summed E-state index contributed by atoms with van der Waals surface area (Å²) in [6.45, 7) is 0. The third-order valence-corrected chi connectivity index (χ3v) is 3.81. The summed E-state index contributed by atoms with van der Waals surface area (Å²) in [5, 5.41) is 4.31. The van der Waals surface area contributed by atoms with Gasteiger partial charge in [-0.3, -0.25) is 0 Å². The Balaban J connectivity index is 2.32. The predicted octanol–water partition coefficient (Wildman–Crippen LogP) is 4.64. The van der Waals surface area contributed by atoms with E-state index in [1.54, 1.807) is 37.4 Å². The van der Waals surface area contributed by atoms with Crippen molar-refractivity contribution in [1.29, 1.82) is 0 Å². The van der Waals surface area contributed by atoms with Crippen LogP contribution in [0.15, 0.2) is 42.5 Å². The minimum atomic E-state index is -0.231. The zero-order chi connectivity index (χ0) is 13.8. The highest BCUT2D eigenvalue weighted by atomic mass is 35.5. The van der Waals surface area contributed by atoms with Gasteiger partial charge in [0.2, 0.25) is 0 Å². The third kappa shape index (κ3) is 3.27. The Kier molecular flexibility index (Phi) is 4.81. The molecule has 100 valence electrons. The summed E-state index contributed by atoms with van der Waals surface area (Å²) < 4.78 is 13.8. The molecule has 1 N–H and O–H groups in total. The van der Waals surface area contributed by atoms with E-state index in [1.165, 1.54) is 6.07 Å². The lowest BCUT2D eigenvalue weighted by Gasteiger charge is -2.19. The van der Waals surface area contributed by atoms with Crippen molar-refractivity contribution in [2.24, 2.45) is 0 Å². The van der Waals surface area contributed by atoms with Gasteiger partial charge in [-0.05, 0) is 37.2 Å². The zero-order valence-corrected chi connectivity index (χ0v) is 12.0. The Bertz CT molecular complexity index is 552. The summed E-state index contributed by atoms with van der Waals surface area (Å²) in [7, 11) is 1.79. The Labute approximate surface area is 122 Å². The van der Waals surface area contributed by atoms with Gasteiger partial charge in [-0.1, -0.05) is 47.5 Å². The van der Waals surface area contributed by atoms with Gasteiger partial charge in [0.25, 0.3) is 0 Å². The van der Waals surface area contributed by atoms with Crippen LogP contribution in [0.25, 0.3) is 0 Å². The molecule has 0 saturated heterocycles. The second-order valence-corrected chi connectivity index (χ2v) is 5.08. The molecule has 1 unspecified atom stereocenters. The van der Waals surface area contributed by atoms with Crippen molar-refractivity contribution in [3.8, 4) is 0 Å². The molecular formula is C15H14Cl2FN. The molecule has 19 heavy (non-hydrogen) atoms. The van der Waals surface area contributed by atoms with Gasteiger partial charge in [0.05, 0.1) is 0 Å². The molecule has 0 aliphatic rings. The minimum Gasteiger partial charge on any atom is -0.313 e. The lowest BCUT2D eigenvalue weighted by molar-refractivity contribution is 0.534. The summed E-state index contributed by atoms with van der Waals surface area (Å²) in [6.07, 6.45) is 0.538. The first kappa shape index (κ1) is 14.3. The van der Waals surface area contributed by atoms with Gasteiger partial charge in [-0.2, -0.15) is 0 Å². The SMILES string of the molecule is CNC(Cc1c(Cl)cccc1Cl)c1ccccc1F. The Hall–Kier alpha value is -1.09. The van der Waals surface area contributed by atoms with E-state index in [9.17, 15) is 4.39 Å². The monoisotopic (exact) mass is 297 g/mol. The quantitative estimate of drug-likeness (QED) is 0.867. The van der Waals surface area contributed by atoms with Crippen LogP contribution in [-0.4, -0.2) is 7.05 Å². The topological polar surface area (TPSA) is 12.0 Å². The molecule has 1 atom stereocenters. The molecule has 2 aromatic carbocycles. The van der Waals surface area contributed by atoms with Crippen LogP contribution < -0.4 is 5.32 Å². The van der Waals surface area contributed by atoms with Crippen LogP contribution >= 0.6 is 23.2 Å². The minimum absolute atomic E-state index is 0.168. The van der Waals surface area contributed by atoms with Crippen molar-refractivity contribution in [2.45, 2.75) is 12.5 Å². The average Bonchev–Trinajstić information content (AvgIpc) is 2.40. The maximum Gasteiger partial charge on any atom is 0.127 e. The van der Waals surface area contributed by atoms with Crippen LogP contribution in [0.3, 0.4) is 0 Å². The van der Waals surface area contributed by atoms with Crippen molar-refractivity contribution in [1.82, 2.24) is 5.32 Å². The van der Waals surface area contributed by atoms with Crippen molar-refractivity contribution < 1.29 is 4.39 Å². The number of benzene rings is 2. The lowest BCUT2D eigenvalue weighted by atomic mass is 9.98. The van der Waals surface area contributed by atoms with Crippen LogP contribution in [0.4, 0.5) is 4.39 Å². The van der Waals surface area contributed by atoms with Gasteiger partial charge in [-0.15, -0.1) is 0 Å². The summed E-state index contributed by atoms with van der Waals surface area (Å²) in [5.74, 6) is -0.231. The van der Waals surface area contributed by atoms with Crippen LogP contribution in [-0.2, 0) is 6.42 Å². The van der Waals surface area contributed by atoms with E-state index in [1.807, 2.05) is 6.07 Å². The number of rotatable bonds is 4. The summed E-state index contributed by atoms with van der Waals surface area (Å²) in [6, 6.07) is 11.9. The second-order valence-electron chi connectivity index (χ2n) is 4.27. The highest BCUT2D eigenvalue weighted by Crippen LogP contribution is 2.29. The van der Waals surface area contributed by atoms with E-state index in [-0.39, 0.29) is 11.9 Å². The van der Waals surface area contributed by atoms with E-state index in [0.717, 1.165) is 5.56 Å². The average molecular weight is 298 g/mol. The molecule has 2 rings (SSSR count). The van der Waals surface area contributed by atoms with Crippen molar-refractivity contribution in [3.63, 3.8) is 0 Å². The first-order valence-electron chi connectivity index (χ1n) is 5.98. The fourth-order valence-electron chi connectivity index (χ4n) is 2.06. The van der Waals surface area contributed by atoms with Crippen LogP contribution in [0, 0.1) is 5.82 Å². The molecule has 0 radical (unpaired) electrons. The lowest BCUT2D eigenvalue weighted by Crippen LogP contribution is -2.20. The Morgan fingerprint density at radius 3 is 2.26 bits per heavy atom. The second kappa shape index (κ2) is 6.38. The van der Waals surface area contributed by atoms with Gasteiger partial charge in [0.15, 0.2) is 0 Å². The normalized spacial score (nSPS) is 12.4. The Morgan fingerprint density at radius 2 is 1.68 bits per heavy atom. The van der Waals surface area contributed by atoms with Gasteiger partial charge >= 0.3 is 0 Å². The molecule has 0 spiro atoms. The molecule has 0 amide bonds. The molecule has 0 saturated carbocycles. The summed E-state index contributed by atoms with van der Waals surface area (Å²) >= 11 is 12.3. The first-order valence-corrected chi connectivity index (χ1v) is 6.73. The fourth-order valence-corrected chi connectivity index (χ4v) is 2.61. The number of hydrogen-bond acceptors (Lipinski definition) is 1. The molecule has 0 fully saturated rings. The van der Waals surface area contributed by atoms with Gasteiger partial charge < -0.3 is 5.32 Å². The van der Waals surface area contributed by atoms with E-state index >= 15 is 0 Å². The molecule has 1 nitrogen and oxygen atoms in total. The molecule has 0 heterocycles.